The van der Waals surface area contributed by atoms with Crippen LogP contribution in [0.5, 0.6) is 11.5 Å². The van der Waals surface area contributed by atoms with Crippen LogP contribution < -0.4 is 19.7 Å². The van der Waals surface area contributed by atoms with Crippen molar-refractivity contribution in [1.82, 2.24) is 10.3 Å². The van der Waals surface area contributed by atoms with Gasteiger partial charge in [0.25, 0.3) is 5.91 Å². The van der Waals surface area contributed by atoms with Crippen molar-refractivity contribution in [2.75, 3.05) is 24.6 Å². The molecule has 230 valence electrons. The molecule has 1 atom stereocenters. The summed E-state index contributed by atoms with van der Waals surface area (Å²) < 4.78 is 11.3. The number of carbonyl (C=O) groups excluding carboxylic acids is 1. The molecule has 3 aromatic carbocycles. The lowest BCUT2D eigenvalue weighted by atomic mass is 10.1. The van der Waals surface area contributed by atoms with E-state index in [0.29, 0.717) is 22.2 Å². The highest BCUT2D eigenvalue weighted by Crippen LogP contribution is 2.41. The molecule has 2 heterocycles. The maximum atomic E-state index is 12.1. The van der Waals surface area contributed by atoms with E-state index >= 15 is 0 Å². The van der Waals surface area contributed by atoms with Crippen LogP contribution in [0.3, 0.4) is 0 Å². The fourth-order valence-electron chi connectivity index (χ4n) is 4.67. The molecular weight excluding hydrogens is 578 g/mol. The van der Waals surface area contributed by atoms with Crippen LogP contribution in [-0.2, 0) is 22.6 Å². The van der Waals surface area contributed by atoms with Crippen molar-refractivity contribution in [1.29, 1.82) is 0 Å². The van der Waals surface area contributed by atoms with Crippen LogP contribution in [0.15, 0.2) is 97.2 Å². The molecule has 9 heteroatoms. The lowest BCUT2D eigenvalue weighted by Crippen LogP contribution is -2.40. The average Bonchev–Trinajstić information content (AvgIpc) is 3.04. The number of halogens is 1. The van der Waals surface area contributed by atoms with Crippen molar-refractivity contribution < 1.29 is 24.2 Å². The monoisotopic (exact) mass is 615 g/mol. The molecule has 0 saturated carbocycles. The zero-order valence-electron chi connectivity index (χ0n) is 24.8. The maximum Gasteiger partial charge on any atom is 0.305 e. The number of carboxylic acids is 1. The van der Waals surface area contributed by atoms with Gasteiger partial charge in [-0.25, -0.2) is 0 Å². The first-order chi connectivity index (χ1) is 21.4. The largest absolute Gasteiger partial charge is 0.483 e. The number of aliphatic carboxylic acids is 1. The van der Waals surface area contributed by atoms with Crippen molar-refractivity contribution in [2.24, 2.45) is 0 Å². The zero-order chi connectivity index (χ0) is 31.1. The number of carboxylic acid groups (broad SMARTS) is 1. The number of nitrogens with one attached hydrogen (secondary N) is 1. The fourth-order valence-corrected chi connectivity index (χ4v) is 4.87. The Labute approximate surface area is 263 Å². The Balaban J connectivity index is 0.000000215. The number of hydrogen-bond acceptors (Lipinski definition) is 6. The molecule has 0 unspecified atom stereocenters. The van der Waals surface area contributed by atoms with Gasteiger partial charge in [0, 0.05) is 25.4 Å². The first-order valence-electron chi connectivity index (χ1n) is 14.8. The Morgan fingerprint density at radius 3 is 2.41 bits per heavy atom. The van der Waals surface area contributed by atoms with Gasteiger partial charge >= 0.3 is 5.97 Å². The summed E-state index contributed by atoms with van der Waals surface area (Å²) in [5.41, 5.74) is 3.99. The first kappa shape index (κ1) is 32.5. The minimum Gasteiger partial charge on any atom is -0.483 e. The summed E-state index contributed by atoms with van der Waals surface area (Å²) in [5, 5.41) is 12.6. The number of pyridine rings is 1. The third kappa shape index (κ3) is 10.1. The SMILES string of the molecule is C[C@@H](Oc1cc2c(cc1Cl)N(CCC(=O)O)C(=O)CO2)c1ccccn1.c1ccc(CCCCNCc2ccccc2)cc1. The Kier molecular flexibility index (Phi) is 12.6. The van der Waals surface area contributed by atoms with Crippen LogP contribution in [0.1, 0.15) is 49.1 Å². The Bertz CT molecular complexity index is 1430. The van der Waals surface area contributed by atoms with E-state index in [1.54, 1.807) is 18.3 Å². The number of benzene rings is 3. The molecule has 5 rings (SSSR count). The highest BCUT2D eigenvalue weighted by atomic mass is 35.5. The van der Waals surface area contributed by atoms with Gasteiger partial charge in [0.1, 0.15) is 17.6 Å². The van der Waals surface area contributed by atoms with Gasteiger partial charge in [-0.3, -0.25) is 14.6 Å². The standard InChI is InChI=1S/C18H17ClN2O5.C17H21N/c1-11(13-4-2-3-6-20-13)26-15-9-16-14(8-12(15)19)21(7-5-18(23)24)17(22)10-25-16;1-3-9-16(10-4-1)11-7-8-14-18-15-17-12-5-2-6-13-17/h2-4,6,8-9,11H,5,7,10H2,1H3,(H,23,24);1-6,9-10,12-13,18H,7-8,11,14-15H2/t11-;/m1./s1. The van der Waals surface area contributed by atoms with E-state index in [2.05, 4.69) is 71.0 Å². The topological polar surface area (TPSA) is 101 Å². The lowest BCUT2D eigenvalue weighted by Gasteiger charge is -2.30. The van der Waals surface area contributed by atoms with Gasteiger partial charge in [-0.05, 0) is 62.1 Å². The van der Waals surface area contributed by atoms with E-state index in [9.17, 15) is 9.59 Å². The number of aryl methyl sites for hydroxylation is 1. The summed E-state index contributed by atoms with van der Waals surface area (Å²) in [6.45, 7) is 3.81. The zero-order valence-corrected chi connectivity index (χ0v) is 25.6. The number of rotatable bonds is 13. The van der Waals surface area contributed by atoms with E-state index in [0.717, 1.165) is 18.8 Å². The molecule has 1 amide bonds. The summed E-state index contributed by atoms with van der Waals surface area (Å²) in [6, 6.07) is 30.0. The summed E-state index contributed by atoms with van der Waals surface area (Å²) in [6.07, 6.45) is 4.86. The highest BCUT2D eigenvalue weighted by Gasteiger charge is 2.28. The van der Waals surface area contributed by atoms with Gasteiger partial charge in [0.15, 0.2) is 6.61 Å². The molecule has 8 nitrogen and oxygen atoms in total. The Morgan fingerprint density at radius 1 is 1.02 bits per heavy atom. The molecule has 1 aliphatic heterocycles. The van der Waals surface area contributed by atoms with Crippen LogP contribution in [0.25, 0.3) is 0 Å². The first-order valence-corrected chi connectivity index (χ1v) is 15.1. The number of nitrogens with zero attached hydrogens (tertiary/aromatic N) is 2. The lowest BCUT2D eigenvalue weighted by molar-refractivity contribution is -0.136. The van der Waals surface area contributed by atoms with Gasteiger partial charge in [0.05, 0.1) is 22.8 Å². The normalized spacial score (nSPS) is 12.8. The van der Waals surface area contributed by atoms with E-state index < -0.39 is 5.97 Å². The van der Waals surface area contributed by atoms with Crippen molar-refractivity contribution in [3.63, 3.8) is 0 Å². The predicted molar refractivity (Wildman–Crippen MR) is 172 cm³/mol. The number of ether oxygens (including phenoxy) is 2. The fraction of sp³-hybridized carbons (Fsp3) is 0.286. The van der Waals surface area contributed by atoms with Crippen LogP contribution in [0, 0.1) is 0 Å². The predicted octanol–water partition coefficient (Wildman–Crippen LogP) is 6.87. The van der Waals surface area contributed by atoms with Crippen molar-refractivity contribution in [3.05, 3.63) is 119 Å². The summed E-state index contributed by atoms with van der Waals surface area (Å²) in [4.78, 5) is 28.5. The third-order valence-electron chi connectivity index (χ3n) is 7.00. The number of unbranched alkanes of at least 4 members (excludes halogenated alkanes) is 1. The molecule has 0 bridgehead atoms. The minimum absolute atomic E-state index is 0.0470. The van der Waals surface area contributed by atoms with E-state index in [1.807, 2.05) is 25.1 Å². The highest BCUT2D eigenvalue weighted by molar-refractivity contribution is 6.32. The van der Waals surface area contributed by atoms with Crippen LogP contribution >= 0.6 is 11.6 Å². The number of hydrogen-bond donors (Lipinski definition) is 2. The third-order valence-corrected chi connectivity index (χ3v) is 7.29. The minimum atomic E-state index is -0.985. The second-order valence-electron chi connectivity index (χ2n) is 10.3. The summed E-state index contributed by atoms with van der Waals surface area (Å²) in [7, 11) is 0. The number of amides is 1. The smallest absolute Gasteiger partial charge is 0.305 e. The molecule has 0 fully saturated rings. The summed E-state index contributed by atoms with van der Waals surface area (Å²) in [5.74, 6) is -0.481. The molecular formula is C35H38ClN3O5. The van der Waals surface area contributed by atoms with Gasteiger partial charge in [-0.15, -0.1) is 0 Å². The second kappa shape index (κ2) is 17.0. The van der Waals surface area contributed by atoms with Crippen LogP contribution in [-0.4, -0.2) is 41.7 Å². The summed E-state index contributed by atoms with van der Waals surface area (Å²) >= 11 is 6.31. The number of anilines is 1. The van der Waals surface area contributed by atoms with E-state index in [-0.39, 0.29) is 31.6 Å². The molecule has 4 aromatic rings. The van der Waals surface area contributed by atoms with Crippen LogP contribution in [0.4, 0.5) is 5.69 Å². The molecule has 0 saturated heterocycles. The Morgan fingerprint density at radius 2 is 1.73 bits per heavy atom. The van der Waals surface area contributed by atoms with E-state index in [1.165, 1.54) is 35.3 Å². The Hall–Kier alpha value is -4.40. The number of carbonyl (C=O) groups is 2. The van der Waals surface area contributed by atoms with Gasteiger partial charge in [0.2, 0.25) is 0 Å². The van der Waals surface area contributed by atoms with Crippen molar-refractivity contribution in [2.45, 2.75) is 45.3 Å². The number of fused-ring (bicyclic) bond motifs is 1. The molecule has 0 radical (unpaired) electrons. The van der Waals surface area contributed by atoms with Crippen molar-refractivity contribution in [3.8, 4) is 11.5 Å². The van der Waals surface area contributed by atoms with E-state index in [4.69, 9.17) is 26.2 Å². The van der Waals surface area contributed by atoms with Crippen molar-refractivity contribution >= 4 is 29.2 Å². The maximum absolute atomic E-state index is 12.1. The average molecular weight is 616 g/mol. The van der Waals surface area contributed by atoms with Gasteiger partial charge in [-0.1, -0.05) is 78.3 Å². The molecule has 1 aromatic heterocycles. The molecule has 0 aliphatic carbocycles. The van der Waals surface area contributed by atoms with Gasteiger partial charge in [-0.2, -0.15) is 0 Å². The van der Waals surface area contributed by atoms with Crippen LogP contribution in [0.2, 0.25) is 5.02 Å². The number of aromatic nitrogens is 1. The molecule has 1 aliphatic rings. The van der Waals surface area contributed by atoms with Gasteiger partial charge < -0.3 is 24.8 Å². The molecule has 2 N–H and O–H groups in total. The second-order valence-corrected chi connectivity index (χ2v) is 10.8. The quantitative estimate of drug-likeness (QED) is 0.158. The molecule has 44 heavy (non-hydrogen) atoms. The molecule has 0 spiro atoms.